The van der Waals surface area contributed by atoms with Crippen molar-refractivity contribution < 1.29 is 14.1 Å². The standard InChI is InChI=1S/C12H8BrFN2O3/c13-9-4-10(6-15-5-9)19-7-8-1-2-12(16(17)18)11(14)3-8/h1-6H,7H2. The summed E-state index contributed by atoms with van der Waals surface area (Å²) in [6.45, 7) is 0.104. The van der Waals surface area contributed by atoms with Crippen LogP contribution in [0, 0.1) is 15.9 Å². The van der Waals surface area contributed by atoms with Gasteiger partial charge in [-0.25, -0.2) is 0 Å². The Morgan fingerprint density at radius 2 is 2.16 bits per heavy atom. The second-order valence-corrected chi connectivity index (χ2v) is 4.59. The minimum absolute atomic E-state index is 0.104. The molecule has 0 N–H and O–H groups in total. The van der Waals surface area contributed by atoms with Crippen molar-refractivity contribution in [1.29, 1.82) is 0 Å². The minimum Gasteiger partial charge on any atom is -0.487 e. The van der Waals surface area contributed by atoms with Crippen molar-refractivity contribution in [3.8, 4) is 5.75 Å². The lowest BCUT2D eigenvalue weighted by molar-refractivity contribution is -0.387. The van der Waals surface area contributed by atoms with Gasteiger partial charge in [-0.05, 0) is 39.7 Å². The molecule has 1 heterocycles. The van der Waals surface area contributed by atoms with Crippen molar-refractivity contribution >= 4 is 21.6 Å². The molecule has 0 radical (unpaired) electrons. The van der Waals surface area contributed by atoms with Crippen LogP contribution >= 0.6 is 15.9 Å². The van der Waals surface area contributed by atoms with Gasteiger partial charge in [0.05, 0.1) is 11.1 Å². The lowest BCUT2D eigenvalue weighted by atomic mass is 10.2. The molecule has 0 spiro atoms. The summed E-state index contributed by atoms with van der Waals surface area (Å²) in [5.74, 6) is -0.355. The van der Waals surface area contributed by atoms with Crippen LogP contribution in [0.25, 0.3) is 0 Å². The van der Waals surface area contributed by atoms with Gasteiger partial charge in [-0.2, -0.15) is 4.39 Å². The molecule has 0 amide bonds. The zero-order valence-electron chi connectivity index (χ0n) is 9.55. The first-order valence-corrected chi connectivity index (χ1v) is 6.02. The number of rotatable bonds is 4. The molecule has 0 saturated carbocycles. The Hall–Kier alpha value is -2.02. The summed E-state index contributed by atoms with van der Waals surface area (Å²) in [6, 6.07) is 5.37. The van der Waals surface area contributed by atoms with E-state index < -0.39 is 16.4 Å². The second kappa shape index (κ2) is 5.75. The molecule has 1 aromatic carbocycles. The third-order valence-corrected chi connectivity index (χ3v) is 2.73. The smallest absolute Gasteiger partial charge is 0.304 e. The van der Waals surface area contributed by atoms with Crippen LogP contribution in [0.1, 0.15) is 5.56 Å². The largest absolute Gasteiger partial charge is 0.487 e. The zero-order chi connectivity index (χ0) is 13.8. The molecule has 0 fully saturated rings. The molecule has 0 aliphatic carbocycles. The fourth-order valence-corrected chi connectivity index (χ4v) is 1.77. The van der Waals surface area contributed by atoms with Gasteiger partial charge in [-0.3, -0.25) is 15.1 Å². The molecule has 0 atom stereocenters. The van der Waals surface area contributed by atoms with E-state index in [1.54, 1.807) is 12.3 Å². The Labute approximate surface area is 116 Å². The van der Waals surface area contributed by atoms with Crippen LogP contribution in [-0.4, -0.2) is 9.91 Å². The van der Waals surface area contributed by atoms with E-state index in [2.05, 4.69) is 20.9 Å². The molecular formula is C12H8BrFN2O3. The summed E-state index contributed by atoms with van der Waals surface area (Å²) in [5.41, 5.74) is -0.0454. The number of nitrogens with zero attached hydrogens (tertiary/aromatic N) is 2. The van der Waals surface area contributed by atoms with E-state index in [0.717, 1.165) is 16.6 Å². The minimum atomic E-state index is -0.876. The third-order valence-electron chi connectivity index (χ3n) is 2.29. The molecule has 98 valence electrons. The quantitative estimate of drug-likeness (QED) is 0.637. The fraction of sp³-hybridized carbons (Fsp3) is 0.0833. The Morgan fingerprint density at radius 1 is 1.37 bits per heavy atom. The first-order chi connectivity index (χ1) is 9.06. The van der Waals surface area contributed by atoms with Crippen molar-refractivity contribution in [2.45, 2.75) is 6.61 Å². The number of hydrogen-bond donors (Lipinski definition) is 0. The number of ether oxygens (including phenoxy) is 1. The van der Waals surface area contributed by atoms with Crippen molar-refractivity contribution in [1.82, 2.24) is 4.98 Å². The maximum absolute atomic E-state index is 13.4. The zero-order valence-corrected chi connectivity index (χ0v) is 11.1. The molecule has 2 aromatic rings. The number of hydrogen-bond acceptors (Lipinski definition) is 4. The molecule has 0 unspecified atom stereocenters. The summed E-state index contributed by atoms with van der Waals surface area (Å²) in [4.78, 5) is 13.6. The van der Waals surface area contributed by atoms with E-state index in [9.17, 15) is 14.5 Å². The number of halogens is 2. The lowest BCUT2D eigenvalue weighted by Crippen LogP contribution is -1.98. The first-order valence-electron chi connectivity index (χ1n) is 5.22. The Bertz CT molecular complexity index is 622. The van der Waals surface area contributed by atoms with E-state index in [-0.39, 0.29) is 6.61 Å². The van der Waals surface area contributed by atoms with Crippen molar-refractivity contribution in [2.24, 2.45) is 0 Å². The molecule has 2 rings (SSSR count). The molecule has 0 saturated heterocycles. The van der Waals surface area contributed by atoms with Crippen LogP contribution in [0.15, 0.2) is 41.1 Å². The van der Waals surface area contributed by atoms with Crippen molar-refractivity contribution in [3.05, 3.63) is 62.6 Å². The van der Waals surface area contributed by atoms with E-state index in [4.69, 9.17) is 4.74 Å². The van der Waals surface area contributed by atoms with Crippen molar-refractivity contribution in [2.75, 3.05) is 0 Å². The Kier molecular flexibility index (Phi) is 4.06. The highest BCUT2D eigenvalue weighted by Gasteiger charge is 2.13. The van der Waals surface area contributed by atoms with E-state index in [1.165, 1.54) is 12.3 Å². The van der Waals surface area contributed by atoms with Crippen molar-refractivity contribution in [3.63, 3.8) is 0 Å². The second-order valence-electron chi connectivity index (χ2n) is 3.67. The molecular weight excluding hydrogens is 319 g/mol. The van der Waals surface area contributed by atoms with Gasteiger partial charge in [-0.15, -0.1) is 0 Å². The number of nitro benzene ring substituents is 1. The van der Waals surface area contributed by atoms with Crippen LogP contribution < -0.4 is 4.74 Å². The normalized spacial score (nSPS) is 10.2. The van der Waals surface area contributed by atoms with Gasteiger partial charge in [0.2, 0.25) is 5.82 Å². The van der Waals surface area contributed by atoms with E-state index >= 15 is 0 Å². The number of benzene rings is 1. The predicted octanol–water partition coefficient (Wildman–Crippen LogP) is 3.47. The molecule has 7 heteroatoms. The molecule has 0 aliphatic rings. The van der Waals surface area contributed by atoms with Gasteiger partial charge in [0.15, 0.2) is 0 Å². The Balaban J connectivity index is 2.08. The highest BCUT2D eigenvalue weighted by molar-refractivity contribution is 9.10. The third kappa shape index (κ3) is 3.47. The lowest BCUT2D eigenvalue weighted by Gasteiger charge is -2.06. The number of aromatic nitrogens is 1. The molecule has 1 aromatic heterocycles. The average molecular weight is 327 g/mol. The van der Waals surface area contributed by atoms with Crippen LogP contribution in [0.5, 0.6) is 5.75 Å². The summed E-state index contributed by atoms with van der Waals surface area (Å²) < 4.78 is 19.5. The van der Waals surface area contributed by atoms with Gasteiger partial charge in [0.25, 0.3) is 0 Å². The Morgan fingerprint density at radius 3 is 2.79 bits per heavy atom. The van der Waals surface area contributed by atoms with Gasteiger partial charge < -0.3 is 4.74 Å². The summed E-state index contributed by atoms with van der Waals surface area (Å²) in [7, 11) is 0. The van der Waals surface area contributed by atoms with Crippen LogP contribution in [0.3, 0.4) is 0 Å². The van der Waals surface area contributed by atoms with Crippen LogP contribution in [0.4, 0.5) is 10.1 Å². The maximum Gasteiger partial charge on any atom is 0.304 e. The van der Waals surface area contributed by atoms with Crippen LogP contribution in [0.2, 0.25) is 0 Å². The van der Waals surface area contributed by atoms with E-state index in [1.807, 2.05) is 0 Å². The summed E-state index contributed by atoms with van der Waals surface area (Å²) in [5, 5.41) is 10.5. The van der Waals surface area contributed by atoms with E-state index in [0.29, 0.717) is 11.3 Å². The van der Waals surface area contributed by atoms with Gasteiger partial charge in [-0.1, -0.05) is 0 Å². The highest BCUT2D eigenvalue weighted by atomic mass is 79.9. The SMILES string of the molecule is O=[N+]([O-])c1ccc(COc2cncc(Br)c2)cc1F. The average Bonchev–Trinajstić information content (AvgIpc) is 2.36. The van der Waals surface area contributed by atoms with Gasteiger partial charge >= 0.3 is 5.69 Å². The monoisotopic (exact) mass is 326 g/mol. The summed E-state index contributed by atoms with van der Waals surface area (Å²) >= 11 is 3.25. The van der Waals surface area contributed by atoms with Gasteiger partial charge in [0, 0.05) is 16.7 Å². The molecule has 0 bridgehead atoms. The van der Waals surface area contributed by atoms with Gasteiger partial charge in [0.1, 0.15) is 12.4 Å². The fourth-order valence-electron chi connectivity index (χ4n) is 1.43. The number of nitro groups is 1. The molecule has 0 aliphatic heterocycles. The molecule has 5 nitrogen and oxygen atoms in total. The van der Waals surface area contributed by atoms with Crippen LogP contribution in [-0.2, 0) is 6.61 Å². The first kappa shape index (κ1) is 13.4. The number of pyridine rings is 1. The molecule has 19 heavy (non-hydrogen) atoms. The highest BCUT2D eigenvalue weighted by Crippen LogP contribution is 2.20. The maximum atomic E-state index is 13.4. The summed E-state index contributed by atoms with van der Waals surface area (Å²) in [6.07, 6.45) is 3.13. The topological polar surface area (TPSA) is 65.3 Å². The predicted molar refractivity (Wildman–Crippen MR) is 69.3 cm³/mol.